The van der Waals surface area contributed by atoms with Crippen molar-refractivity contribution in [1.82, 2.24) is 9.80 Å². The molecule has 0 radical (unpaired) electrons. The molecule has 1 heterocycles. The zero-order valence-corrected chi connectivity index (χ0v) is 11.3. The Morgan fingerprint density at radius 1 is 1.47 bits per heavy atom. The lowest BCUT2D eigenvalue weighted by molar-refractivity contribution is -0.181. The Labute approximate surface area is 112 Å². The summed E-state index contributed by atoms with van der Waals surface area (Å²) in [7, 11) is 2.92. The average molecular weight is 262 g/mol. The second kappa shape index (κ2) is 4.10. The molecule has 1 saturated heterocycles. The molecule has 5 nitrogen and oxygen atoms in total. The second-order valence-corrected chi connectivity index (χ2v) is 5.27. The molecule has 1 saturated carbocycles. The molecule has 5 heteroatoms. The molecule has 0 aromatic heterocycles. The van der Waals surface area contributed by atoms with Crippen LogP contribution in [0.2, 0.25) is 0 Å². The highest BCUT2D eigenvalue weighted by Crippen LogP contribution is 2.56. The highest BCUT2D eigenvalue weighted by Gasteiger charge is 2.67. The highest BCUT2D eigenvalue weighted by atomic mass is 16.3. The van der Waals surface area contributed by atoms with Crippen molar-refractivity contribution in [2.75, 3.05) is 14.1 Å². The van der Waals surface area contributed by atoms with Crippen molar-refractivity contribution in [3.05, 3.63) is 12.2 Å². The average Bonchev–Trinajstić information content (AvgIpc) is 2.67. The normalized spacial score (nSPS) is 34.5. The van der Waals surface area contributed by atoms with Crippen molar-refractivity contribution in [3.63, 3.8) is 0 Å². The Kier molecular flexibility index (Phi) is 2.94. The van der Waals surface area contributed by atoms with Gasteiger partial charge in [0.05, 0.1) is 0 Å². The smallest absolute Gasteiger partial charge is 0.328 e. The Balaban J connectivity index is 2.58. The van der Waals surface area contributed by atoms with Gasteiger partial charge in [0.1, 0.15) is 5.41 Å². The van der Waals surface area contributed by atoms with Gasteiger partial charge in [-0.3, -0.25) is 14.6 Å². The predicted octanol–water partition coefficient (Wildman–Crippen LogP) is 0.949. The summed E-state index contributed by atoms with van der Waals surface area (Å²) in [6.45, 7) is 3.84. The van der Waals surface area contributed by atoms with Gasteiger partial charge in [-0.1, -0.05) is 6.58 Å². The number of rotatable bonds is 2. The Hall–Kier alpha value is -1.80. The quantitative estimate of drug-likeness (QED) is 0.595. The van der Waals surface area contributed by atoms with Crippen LogP contribution in [0.15, 0.2) is 12.2 Å². The molecule has 0 aromatic carbocycles. The molecular formula is C14H18N2O3. The molecular weight excluding hydrogens is 244 g/mol. The third-order valence-corrected chi connectivity index (χ3v) is 4.48. The molecule has 1 aliphatic carbocycles. The van der Waals surface area contributed by atoms with Crippen LogP contribution >= 0.6 is 0 Å². The van der Waals surface area contributed by atoms with E-state index in [9.17, 15) is 14.7 Å². The number of terminal acetylenes is 1. The van der Waals surface area contributed by atoms with Gasteiger partial charge in [-0.05, 0) is 24.8 Å². The Bertz CT molecular complexity index is 507. The van der Waals surface area contributed by atoms with E-state index in [1.807, 2.05) is 0 Å². The summed E-state index contributed by atoms with van der Waals surface area (Å²) < 4.78 is 0. The molecule has 2 fully saturated rings. The summed E-state index contributed by atoms with van der Waals surface area (Å²) in [5.41, 5.74) is -2.18. The number of urea groups is 1. The summed E-state index contributed by atoms with van der Waals surface area (Å²) in [6.07, 6.45) is 6.98. The number of amides is 3. The monoisotopic (exact) mass is 262 g/mol. The van der Waals surface area contributed by atoms with Gasteiger partial charge in [-0.25, -0.2) is 4.79 Å². The largest absolute Gasteiger partial charge is 0.366 e. The van der Waals surface area contributed by atoms with Crippen molar-refractivity contribution in [2.45, 2.75) is 31.4 Å². The number of hydrogen-bond donors (Lipinski definition) is 1. The van der Waals surface area contributed by atoms with E-state index in [0.717, 1.165) is 4.90 Å². The molecule has 2 aliphatic rings. The van der Waals surface area contributed by atoms with Gasteiger partial charge in [-0.2, -0.15) is 0 Å². The fraction of sp³-hybridized carbons (Fsp3) is 0.571. The van der Waals surface area contributed by atoms with Crippen molar-refractivity contribution in [1.29, 1.82) is 0 Å². The highest BCUT2D eigenvalue weighted by molar-refractivity contribution is 6.02. The summed E-state index contributed by atoms with van der Waals surface area (Å²) in [4.78, 5) is 26.9. The Morgan fingerprint density at radius 3 is 2.68 bits per heavy atom. The minimum Gasteiger partial charge on any atom is -0.366 e. The molecule has 102 valence electrons. The van der Waals surface area contributed by atoms with Gasteiger partial charge >= 0.3 is 6.03 Å². The molecule has 0 aromatic rings. The summed E-state index contributed by atoms with van der Waals surface area (Å²) in [5, 5.41) is 11.0. The van der Waals surface area contributed by atoms with Gasteiger partial charge in [0.2, 0.25) is 5.91 Å². The molecule has 2 rings (SSSR count). The van der Waals surface area contributed by atoms with Crippen LogP contribution in [-0.2, 0) is 4.79 Å². The lowest BCUT2D eigenvalue weighted by atomic mass is 9.71. The molecule has 0 spiro atoms. The van der Waals surface area contributed by atoms with Gasteiger partial charge in [-0.15, -0.1) is 12.3 Å². The third-order valence-electron chi connectivity index (χ3n) is 4.48. The van der Waals surface area contributed by atoms with Crippen molar-refractivity contribution < 1.29 is 14.7 Å². The van der Waals surface area contributed by atoms with Crippen molar-refractivity contribution in [3.8, 4) is 12.3 Å². The molecule has 3 amide bonds. The number of aliphatic hydroxyl groups is 1. The number of carbonyl (C=O) groups excluding carboxylic acids is 2. The second-order valence-electron chi connectivity index (χ2n) is 5.27. The minimum absolute atomic E-state index is 0.347. The molecule has 19 heavy (non-hydrogen) atoms. The lowest BCUT2D eigenvalue weighted by Gasteiger charge is -2.52. The number of likely N-dealkylation sites (N-methyl/N-ethyl adjacent to an activating group) is 1. The van der Waals surface area contributed by atoms with E-state index in [1.165, 1.54) is 19.0 Å². The van der Waals surface area contributed by atoms with E-state index in [0.29, 0.717) is 31.3 Å². The van der Waals surface area contributed by atoms with Gasteiger partial charge in [0.25, 0.3) is 0 Å². The topological polar surface area (TPSA) is 60.9 Å². The van der Waals surface area contributed by atoms with Crippen LogP contribution in [0.1, 0.15) is 25.7 Å². The number of fused-ring (bicyclic) bond motifs is 1. The summed E-state index contributed by atoms with van der Waals surface area (Å²) in [5.74, 6) is 2.13. The van der Waals surface area contributed by atoms with Crippen LogP contribution in [0.4, 0.5) is 4.79 Å². The van der Waals surface area contributed by atoms with Crippen LogP contribution < -0.4 is 0 Å². The zero-order valence-electron chi connectivity index (χ0n) is 11.3. The maximum atomic E-state index is 12.6. The van der Waals surface area contributed by atoms with Crippen molar-refractivity contribution in [2.24, 2.45) is 5.41 Å². The van der Waals surface area contributed by atoms with E-state index in [2.05, 4.69) is 12.5 Å². The van der Waals surface area contributed by atoms with E-state index >= 15 is 0 Å². The number of imide groups is 1. The number of hydrogen-bond acceptors (Lipinski definition) is 3. The van der Waals surface area contributed by atoms with E-state index < -0.39 is 17.2 Å². The number of nitrogens with zero attached hydrogens (tertiary/aromatic N) is 2. The first-order chi connectivity index (χ1) is 8.83. The predicted molar refractivity (Wildman–Crippen MR) is 69.8 cm³/mol. The molecule has 0 bridgehead atoms. The van der Waals surface area contributed by atoms with E-state index in [-0.39, 0.29) is 5.91 Å². The molecule has 1 aliphatic heterocycles. The molecule has 0 unspecified atom stereocenters. The SMILES string of the molecule is C#CCC[C@@]12CCC(=C)[C@]1(O)N(C)C(=O)N(C)C2=O. The van der Waals surface area contributed by atoms with Gasteiger partial charge < -0.3 is 5.11 Å². The van der Waals surface area contributed by atoms with Crippen LogP contribution in [-0.4, -0.2) is 46.7 Å². The fourth-order valence-electron chi connectivity index (χ4n) is 3.33. The first-order valence-electron chi connectivity index (χ1n) is 6.23. The van der Waals surface area contributed by atoms with Crippen LogP contribution in [0.3, 0.4) is 0 Å². The van der Waals surface area contributed by atoms with Gasteiger partial charge in [0, 0.05) is 20.5 Å². The number of carbonyl (C=O) groups is 2. The zero-order chi connectivity index (χ0) is 14.4. The fourth-order valence-corrected chi connectivity index (χ4v) is 3.33. The summed E-state index contributed by atoms with van der Waals surface area (Å²) in [6, 6.07) is -0.521. The van der Waals surface area contributed by atoms with Gasteiger partial charge in [0.15, 0.2) is 5.72 Å². The standard InChI is InChI=1S/C14H18N2O3/c1-5-6-8-13-9-7-10(2)14(13,19)16(4)12(18)15(3)11(13)17/h1,19H,2,6-9H2,3-4H3/t13-,14+/m0/s1. The molecule has 2 atom stereocenters. The molecule has 1 N–H and O–H groups in total. The van der Waals surface area contributed by atoms with Crippen LogP contribution in [0.25, 0.3) is 0 Å². The Morgan fingerprint density at radius 2 is 2.11 bits per heavy atom. The van der Waals surface area contributed by atoms with Crippen molar-refractivity contribution >= 4 is 11.9 Å². The third kappa shape index (κ3) is 1.41. The first-order valence-corrected chi connectivity index (χ1v) is 6.23. The minimum atomic E-state index is -1.62. The van der Waals surface area contributed by atoms with E-state index in [4.69, 9.17) is 6.42 Å². The lowest BCUT2D eigenvalue weighted by Crippen LogP contribution is -2.71. The van der Waals surface area contributed by atoms with Crippen LogP contribution in [0, 0.1) is 17.8 Å². The maximum absolute atomic E-state index is 12.6. The summed E-state index contributed by atoms with van der Waals surface area (Å²) >= 11 is 0. The van der Waals surface area contributed by atoms with E-state index in [1.54, 1.807) is 0 Å². The van der Waals surface area contributed by atoms with Crippen LogP contribution in [0.5, 0.6) is 0 Å². The maximum Gasteiger partial charge on any atom is 0.328 e. The first kappa shape index (κ1) is 13.6.